The van der Waals surface area contributed by atoms with Crippen molar-refractivity contribution in [1.82, 2.24) is 0 Å². The number of methoxy groups -OCH3 is 2. The molecule has 2 N–H and O–H groups in total. The van der Waals surface area contributed by atoms with Crippen LogP contribution in [0.15, 0.2) is 89.6 Å². The number of aryl methyl sites for hydroxylation is 1. The normalized spacial score (nSPS) is 20.0. The molecular weight excluding hydrogens is 488 g/mol. The highest BCUT2D eigenvalue weighted by Crippen LogP contribution is 2.53. The molecule has 1 aliphatic carbocycles. The first-order valence-corrected chi connectivity index (χ1v) is 13.1. The molecule has 3 aromatic rings. The van der Waals surface area contributed by atoms with Gasteiger partial charge in [0.2, 0.25) is 0 Å². The number of benzene rings is 3. The number of hydrogen-bond donors (Lipinski definition) is 2. The summed E-state index contributed by atoms with van der Waals surface area (Å²) in [7, 11) is 3.17. The third-order valence-electron chi connectivity index (χ3n) is 7.56. The molecule has 0 fully saturated rings. The van der Waals surface area contributed by atoms with Gasteiger partial charge in [0.1, 0.15) is 23.1 Å². The number of para-hydroxylation sites is 1. The fourth-order valence-electron chi connectivity index (χ4n) is 5.72. The van der Waals surface area contributed by atoms with Gasteiger partial charge >= 0.3 is 0 Å². The van der Waals surface area contributed by atoms with E-state index in [0.29, 0.717) is 46.6 Å². The molecule has 0 amide bonds. The molecule has 0 spiro atoms. The highest BCUT2D eigenvalue weighted by molar-refractivity contribution is 6.19. The minimum Gasteiger partial charge on any atom is -0.507 e. The van der Waals surface area contributed by atoms with Crippen LogP contribution in [-0.4, -0.2) is 30.9 Å². The van der Waals surface area contributed by atoms with E-state index in [1.54, 1.807) is 26.4 Å². The molecule has 39 heavy (non-hydrogen) atoms. The number of hydrogen-bond acceptors (Lipinski definition) is 5. The molecular formula is C33H34N2O4. The minimum absolute atomic E-state index is 0.00115. The summed E-state index contributed by atoms with van der Waals surface area (Å²) in [5.41, 5.74) is 4.49. The molecule has 1 atom stereocenters. The standard InChI is InChI=1S/C33H34N2O4/c1-20-11-13-21(14-12-20)31(37)30-28(24-17-23(38-4)15-16-27(24)39-5)29-25(18-33(2,3)19-26(29)36)35(32(30)34)22-9-7-6-8-10-22/h6-17,28,34,37H,18-19H2,1-5H3/b31-30+,34-32?. The first-order valence-electron chi connectivity index (χ1n) is 13.1. The smallest absolute Gasteiger partial charge is 0.162 e. The van der Waals surface area contributed by atoms with Gasteiger partial charge in [0.15, 0.2) is 5.78 Å². The maximum Gasteiger partial charge on any atom is 0.162 e. The number of nitrogens with one attached hydrogen (secondary N) is 1. The van der Waals surface area contributed by atoms with E-state index in [9.17, 15) is 15.3 Å². The summed E-state index contributed by atoms with van der Waals surface area (Å²) in [4.78, 5) is 15.9. The summed E-state index contributed by atoms with van der Waals surface area (Å²) in [6, 6.07) is 22.6. The number of allylic oxidation sites excluding steroid dienone is 2. The quantitative estimate of drug-likeness (QED) is 0.346. The second-order valence-corrected chi connectivity index (χ2v) is 11.0. The first-order chi connectivity index (χ1) is 18.6. The van der Waals surface area contributed by atoms with Gasteiger partial charge in [-0.2, -0.15) is 0 Å². The Morgan fingerprint density at radius 1 is 0.974 bits per heavy atom. The Labute approximate surface area is 229 Å². The topological polar surface area (TPSA) is 82.9 Å². The lowest BCUT2D eigenvalue weighted by Gasteiger charge is -2.45. The van der Waals surface area contributed by atoms with Gasteiger partial charge in [-0.25, -0.2) is 0 Å². The van der Waals surface area contributed by atoms with Crippen LogP contribution in [0.2, 0.25) is 0 Å². The molecule has 0 radical (unpaired) electrons. The van der Waals surface area contributed by atoms with Gasteiger partial charge < -0.3 is 14.6 Å². The Morgan fingerprint density at radius 3 is 2.31 bits per heavy atom. The van der Waals surface area contributed by atoms with Crippen molar-refractivity contribution in [3.8, 4) is 11.5 Å². The van der Waals surface area contributed by atoms with Crippen LogP contribution in [0.4, 0.5) is 5.69 Å². The first kappa shape index (κ1) is 26.3. The molecule has 6 heteroatoms. The van der Waals surface area contributed by atoms with Crippen LogP contribution < -0.4 is 14.4 Å². The number of anilines is 1. The number of nitrogens with zero attached hydrogens (tertiary/aromatic N) is 1. The van der Waals surface area contributed by atoms with Crippen LogP contribution in [0.25, 0.3) is 5.76 Å². The predicted molar refractivity (Wildman–Crippen MR) is 155 cm³/mol. The molecule has 1 unspecified atom stereocenters. The second kappa shape index (κ2) is 10.1. The minimum atomic E-state index is -0.720. The molecule has 0 saturated carbocycles. The second-order valence-electron chi connectivity index (χ2n) is 11.0. The molecule has 1 heterocycles. The average molecular weight is 523 g/mol. The van der Waals surface area contributed by atoms with Crippen molar-refractivity contribution in [2.75, 3.05) is 19.1 Å². The number of carbonyl (C=O) groups is 1. The lowest BCUT2D eigenvalue weighted by molar-refractivity contribution is -0.118. The fraction of sp³-hybridized carbons (Fsp3) is 0.273. The maximum atomic E-state index is 14.1. The monoisotopic (exact) mass is 522 g/mol. The van der Waals surface area contributed by atoms with Gasteiger partial charge in [0, 0.05) is 40.1 Å². The van der Waals surface area contributed by atoms with Crippen molar-refractivity contribution < 1.29 is 19.4 Å². The molecule has 200 valence electrons. The van der Waals surface area contributed by atoms with Gasteiger partial charge in [-0.1, -0.05) is 61.9 Å². The maximum absolute atomic E-state index is 14.1. The lowest BCUT2D eigenvalue weighted by atomic mass is 9.67. The van der Waals surface area contributed by atoms with Gasteiger partial charge in [-0.3, -0.25) is 15.1 Å². The summed E-state index contributed by atoms with van der Waals surface area (Å²) in [6.45, 7) is 6.15. The number of Topliss-reactive ketones (excluding diaryl/α,β-unsaturated/α-hetero) is 1. The Hall–Kier alpha value is -4.32. The molecule has 3 aromatic carbocycles. The van der Waals surface area contributed by atoms with Gasteiger partial charge in [-0.05, 0) is 49.1 Å². The zero-order chi connectivity index (χ0) is 27.9. The van der Waals surface area contributed by atoms with Gasteiger partial charge in [-0.15, -0.1) is 0 Å². The van der Waals surface area contributed by atoms with E-state index >= 15 is 0 Å². The summed E-state index contributed by atoms with van der Waals surface area (Å²) < 4.78 is 11.3. The van der Waals surface area contributed by atoms with Crippen LogP contribution in [0.5, 0.6) is 11.5 Å². The van der Waals surface area contributed by atoms with E-state index in [-0.39, 0.29) is 22.8 Å². The Morgan fingerprint density at radius 2 is 1.67 bits per heavy atom. The van der Waals surface area contributed by atoms with E-state index in [0.717, 1.165) is 16.9 Å². The number of ketones is 1. The van der Waals surface area contributed by atoms with E-state index in [4.69, 9.17) is 9.47 Å². The SMILES string of the molecule is COc1ccc(OC)c(C2C3=C(CC(C)(C)CC3=O)N(c3ccccc3)C(=N)/C2=C(/O)c2ccc(C)cc2)c1. The molecule has 0 bridgehead atoms. The molecule has 1 aliphatic heterocycles. The largest absolute Gasteiger partial charge is 0.507 e. The average Bonchev–Trinajstić information content (AvgIpc) is 2.92. The van der Waals surface area contributed by atoms with E-state index in [1.807, 2.05) is 72.5 Å². The van der Waals surface area contributed by atoms with E-state index < -0.39 is 5.92 Å². The number of aliphatic hydroxyl groups excluding tert-OH is 1. The molecule has 0 saturated heterocycles. The van der Waals surface area contributed by atoms with E-state index in [2.05, 4.69) is 13.8 Å². The van der Waals surface area contributed by atoms with Crippen molar-refractivity contribution in [1.29, 1.82) is 5.41 Å². The zero-order valence-corrected chi connectivity index (χ0v) is 23.0. The van der Waals surface area contributed by atoms with Crippen LogP contribution in [0, 0.1) is 17.7 Å². The van der Waals surface area contributed by atoms with E-state index in [1.165, 1.54) is 0 Å². The van der Waals surface area contributed by atoms with Crippen molar-refractivity contribution in [3.63, 3.8) is 0 Å². The lowest BCUT2D eigenvalue weighted by Crippen LogP contribution is -2.45. The highest BCUT2D eigenvalue weighted by Gasteiger charge is 2.47. The third kappa shape index (κ3) is 4.71. The van der Waals surface area contributed by atoms with Crippen molar-refractivity contribution in [2.45, 2.75) is 39.5 Å². The number of amidine groups is 1. The molecule has 2 aliphatic rings. The molecule has 0 aromatic heterocycles. The summed E-state index contributed by atoms with van der Waals surface area (Å²) >= 11 is 0. The zero-order valence-electron chi connectivity index (χ0n) is 23.0. The fourth-order valence-corrected chi connectivity index (χ4v) is 5.72. The summed E-state index contributed by atoms with van der Waals surface area (Å²) in [5.74, 6) is 0.516. The number of ether oxygens (including phenoxy) is 2. The number of carbonyl (C=O) groups excluding carboxylic acids is 1. The van der Waals surface area contributed by atoms with Gasteiger partial charge in [0.25, 0.3) is 0 Å². The Bertz CT molecular complexity index is 1500. The predicted octanol–water partition coefficient (Wildman–Crippen LogP) is 7.21. The third-order valence-corrected chi connectivity index (χ3v) is 7.56. The number of rotatable bonds is 5. The Balaban J connectivity index is 1.89. The Kier molecular flexibility index (Phi) is 6.81. The van der Waals surface area contributed by atoms with Crippen LogP contribution in [0.3, 0.4) is 0 Å². The molecule has 6 nitrogen and oxygen atoms in total. The van der Waals surface area contributed by atoms with Crippen molar-refractivity contribution >= 4 is 23.1 Å². The van der Waals surface area contributed by atoms with Crippen LogP contribution in [-0.2, 0) is 4.79 Å². The van der Waals surface area contributed by atoms with Crippen LogP contribution >= 0.6 is 0 Å². The molecule has 5 rings (SSSR count). The number of aliphatic hydroxyl groups is 1. The summed E-state index contributed by atoms with van der Waals surface area (Å²) in [6.07, 6.45) is 0.968. The van der Waals surface area contributed by atoms with Crippen LogP contribution in [0.1, 0.15) is 49.3 Å². The highest BCUT2D eigenvalue weighted by atomic mass is 16.5. The summed E-state index contributed by atoms with van der Waals surface area (Å²) in [5, 5.41) is 21.5. The van der Waals surface area contributed by atoms with Crippen molar-refractivity contribution in [3.05, 3.63) is 106 Å². The van der Waals surface area contributed by atoms with Gasteiger partial charge in [0.05, 0.1) is 20.1 Å². The van der Waals surface area contributed by atoms with Crippen molar-refractivity contribution in [2.24, 2.45) is 5.41 Å².